The molecule has 1 aromatic heterocycles. The first-order valence-corrected chi connectivity index (χ1v) is 9.21. The van der Waals surface area contributed by atoms with Crippen LogP contribution in [0.25, 0.3) is 0 Å². The minimum Gasteiger partial charge on any atom is -0.374 e. The van der Waals surface area contributed by atoms with Crippen LogP contribution in [0.15, 0.2) is 4.52 Å². The molecule has 1 N–H and O–H groups in total. The molecule has 1 unspecified atom stereocenters. The molecule has 1 heterocycles. The standard InChI is InChI=1S/C18H27N3O3/c1-11(23-2)17-19-16(24-21-17)4-3-15(22)20-18-8-12-5-13(9-18)7-14(6-12)10-18/h11-14H,3-10H2,1-2H3,(H,20,22). The molecule has 0 aliphatic heterocycles. The van der Waals surface area contributed by atoms with Gasteiger partial charge in [0.25, 0.3) is 0 Å². The molecule has 1 amide bonds. The Bertz CT molecular complexity index is 577. The fourth-order valence-corrected chi connectivity index (χ4v) is 5.48. The molecule has 5 rings (SSSR count). The van der Waals surface area contributed by atoms with Crippen molar-refractivity contribution in [3.05, 3.63) is 11.7 Å². The zero-order valence-electron chi connectivity index (χ0n) is 14.6. The predicted octanol–water partition coefficient (Wildman–Crippen LogP) is 2.79. The lowest BCUT2D eigenvalue weighted by molar-refractivity contribution is -0.126. The van der Waals surface area contributed by atoms with Gasteiger partial charge in [-0.2, -0.15) is 4.98 Å². The maximum atomic E-state index is 12.5. The van der Waals surface area contributed by atoms with Crippen molar-refractivity contribution in [1.82, 2.24) is 15.5 Å². The molecule has 0 radical (unpaired) electrons. The molecule has 24 heavy (non-hydrogen) atoms. The summed E-state index contributed by atoms with van der Waals surface area (Å²) in [5.41, 5.74) is 0.0798. The fourth-order valence-electron chi connectivity index (χ4n) is 5.48. The third-order valence-electron chi connectivity index (χ3n) is 6.21. The highest BCUT2D eigenvalue weighted by atomic mass is 16.5. The van der Waals surface area contributed by atoms with Crippen LogP contribution in [0.1, 0.15) is 69.7 Å². The molecule has 1 atom stereocenters. The summed E-state index contributed by atoms with van der Waals surface area (Å²) in [5, 5.41) is 7.28. The van der Waals surface area contributed by atoms with Crippen molar-refractivity contribution in [1.29, 1.82) is 0 Å². The number of carbonyl (C=O) groups excluding carboxylic acids is 1. The van der Waals surface area contributed by atoms with E-state index in [1.54, 1.807) is 7.11 Å². The van der Waals surface area contributed by atoms with Crippen LogP contribution in [0.3, 0.4) is 0 Å². The lowest BCUT2D eigenvalue weighted by Gasteiger charge is -2.56. The van der Waals surface area contributed by atoms with E-state index >= 15 is 0 Å². The molecule has 0 saturated heterocycles. The number of nitrogens with one attached hydrogen (secondary N) is 1. The molecule has 6 nitrogen and oxygen atoms in total. The fraction of sp³-hybridized carbons (Fsp3) is 0.833. The Hall–Kier alpha value is -1.43. The van der Waals surface area contributed by atoms with Gasteiger partial charge in [0.2, 0.25) is 11.8 Å². The number of amides is 1. The highest BCUT2D eigenvalue weighted by Crippen LogP contribution is 2.55. The molecule has 4 aliphatic rings. The van der Waals surface area contributed by atoms with Crippen molar-refractivity contribution in [3.63, 3.8) is 0 Å². The van der Waals surface area contributed by atoms with E-state index in [-0.39, 0.29) is 17.6 Å². The van der Waals surface area contributed by atoms with Crippen molar-refractivity contribution in [2.24, 2.45) is 17.8 Å². The molecule has 132 valence electrons. The molecule has 1 aromatic rings. The molecule has 0 spiro atoms. The van der Waals surface area contributed by atoms with Crippen LogP contribution < -0.4 is 5.32 Å². The summed E-state index contributed by atoms with van der Waals surface area (Å²) in [6, 6.07) is 0. The van der Waals surface area contributed by atoms with Gasteiger partial charge in [0.15, 0.2) is 5.82 Å². The van der Waals surface area contributed by atoms with Crippen LogP contribution in [0.4, 0.5) is 0 Å². The predicted molar refractivity (Wildman–Crippen MR) is 87.1 cm³/mol. The smallest absolute Gasteiger partial charge is 0.227 e. The Labute approximate surface area is 142 Å². The number of ether oxygens (including phenoxy) is 1. The van der Waals surface area contributed by atoms with E-state index in [4.69, 9.17) is 9.26 Å². The summed E-state index contributed by atoms with van der Waals surface area (Å²) in [7, 11) is 1.61. The Kier molecular flexibility index (Phi) is 4.11. The number of carbonyl (C=O) groups is 1. The monoisotopic (exact) mass is 333 g/mol. The van der Waals surface area contributed by atoms with E-state index in [0.717, 1.165) is 17.8 Å². The second kappa shape index (κ2) is 6.14. The Balaban J connectivity index is 1.32. The van der Waals surface area contributed by atoms with Gasteiger partial charge in [-0.05, 0) is 63.2 Å². The summed E-state index contributed by atoms with van der Waals surface area (Å²) >= 11 is 0. The van der Waals surface area contributed by atoms with E-state index in [2.05, 4.69) is 15.5 Å². The molecule has 0 aromatic carbocycles. The van der Waals surface area contributed by atoms with Gasteiger partial charge in [0, 0.05) is 25.5 Å². The van der Waals surface area contributed by atoms with E-state index in [1.165, 1.54) is 38.5 Å². The van der Waals surface area contributed by atoms with Crippen LogP contribution in [-0.2, 0) is 16.0 Å². The number of rotatable bonds is 6. The van der Waals surface area contributed by atoms with Gasteiger partial charge in [0.05, 0.1) is 0 Å². The van der Waals surface area contributed by atoms with E-state index < -0.39 is 0 Å². The molecule has 6 heteroatoms. The lowest BCUT2D eigenvalue weighted by atomic mass is 9.53. The van der Waals surface area contributed by atoms with Crippen LogP contribution in [0.5, 0.6) is 0 Å². The van der Waals surface area contributed by atoms with Gasteiger partial charge in [-0.15, -0.1) is 0 Å². The zero-order valence-corrected chi connectivity index (χ0v) is 14.6. The van der Waals surface area contributed by atoms with Crippen LogP contribution in [0.2, 0.25) is 0 Å². The molecule has 4 fully saturated rings. The van der Waals surface area contributed by atoms with Crippen molar-refractivity contribution in [3.8, 4) is 0 Å². The Morgan fingerprint density at radius 2 is 1.92 bits per heavy atom. The first-order valence-electron chi connectivity index (χ1n) is 9.21. The van der Waals surface area contributed by atoms with Gasteiger partial charge in [-0.3, -0.25) is 4.79 Å². The first-order chi connectivity index (χ1) is 11.5. The summed E-state index contributed by atoms with van der Waals surface area (Å²) in [5.74, 6) is 3.68. The molecule has 4 saturated carbocycles. The normalized spacial score (nSPS) is 35.2. The Morgan fingerprint density at radius 1 is 1.29 bits per heavy atom. The second-order valence-electron chi connectivity index (χ2n) is 8.17. The van der Waals surface area contributed by atoms with Gasteiger partial charge < -0.3 is 14.6 Å². The van der Waals surface area contributed by atoms with Gasteiger partial charge in [-0.1, -0.05) is 5.16 Å². The number of nitrogens with zero attached hydrogens (tertiary/aromatic N) is 2. The van der Waals surface area contributed by atoms with Crippen LogP contribution >= 0.6 is 0 Å². The molecular weight excluding hydrogens is 306 g/mol. The molecule has 4 aliphatic carbocycles. The summed E-state index contributed by atoms with van der Waals surface area (Å²) in [4.78, 5) is 16.8. The third kappa shape index (κ3) is 3.08. The maximum absolute atomic E-state index is 12.5. The van der Waals surface area contributed by atoms with Gasteiger partial charge in [0.1, 0.15) is 6.10 Å². The number of hydrogen-bond acceptors (Lipinski definition) is 5. The lowest BCUT2D eigenvalue weighted by Crippen LogP contribution is -2.59. The number of hydrogen-bond donors (Lipinski definition) is 1. The quantitative estimate of drug-likeness (QED) is 0.866. The SMILES string of the molecule is COC(C)c1noc(CCC(=O)NC23CC4CC(CC(C4)C2)C3)n1. The van der Waals surface area contributed by atoms with Crippen molar-refractivity contribution >= 4 is 5.91 Å². The molecule has 4 bridgehead atoms. The Morgan fingerprint density at radius 3 is 2.50 bits per heavy atom. The number of aromatic nitrogens is 2. The summed E-state index contributed by atoms with van der Waals surface area (Å²) in [6.07, 6.45) is 8.41. The maximum Gasteiger partial charge on any atom is 0.227 e. The van der Waals surface area contributed by atoms with Crippen molar-refractivity contribution < 1.29 is 14.1 Å². The second-order valence-corrected chi connectivity index (χ2v) is 8.17. The minimum atomic E-state index is -0.191. The minimum absolute atomic E-state index is 0.0798. The average molecular weight is 333 g/mol. The van der Waals surface area contributed by atoms with E-state index in [1.807, 2.05) is 6.92 Å². The first kappa shape index (κ1) is 16.1. The van der Waals surface area contributed by atoms with Gasteiger partial charge >= 0.3 is 0 Å². The highest BCUT2D eigenvalue weighted by molar-refractivity contribution is 5.77. The largest absolute Gasteiger partial charge is 0.374 e. The van der Waals surface area contributed by atoms with E-state index in [0.29, 0.717) is 24.6 Å². The van der Waals surface area contributed by atoms with Crippen molar-refractivity contribution in [2.75, 3.05) is 7.11 Å². The van der Waals surface area contributed by atoms with Crippen LogP contribution in [0, 0.1) is 17.8 Å². The summed E-state index contributed by atoms with van der Waals surface area (Å²) < 4.78 is 10.4. The number of methoxy groups -OCH3 is 1. The van der Waals surface area contributed by atoms with Gasteiger partial charge in [-0.25, -0.2) is 0 Å². The third-order valence-corrected chi connectivity index (χ3v) is 6.21. The molecular formula is C18H27N3O3. The average Bonchev–Trinajstić information content (AvgIpc) is 2.99. The van der Waals surface area contributed by atoms with Crippen LogP contribution in [-0.4, -0.2) is 28.7 Å². The summed E-state index contributed by atoms with van der Waals surface area (Å²) in [6.45, 7) is 1.87. The van der Waals surface area contributed by atoms with E-state index in [9.17, 15) is 4.79 Å². The van der Waals surface area contributed by atoms with Crippen molar-refractivity contribution in [2.45, 2.75) is 69.9 Å². The topological polar surface area (TPSA) is 77.2 Å². The zero-order chi connectivity index (χ0) is 16.7. The number of aryl methyl sites for hydroxylation is 1. The highest BCUT2D eigenvalue weighted by Gasteiger charge is 2.51.